The molecule has 8 heteroatoms. The molecule has 0 amide bonds. The van der Waals surface area contributed by atoms with Gasteiger partial charge < -0.3 is 14.1 Å². The summed E-state index contributed by atoms with van der Waals surface area (Å²) in [5.41, 5.74) is 0.904. The lowest BCUT2D eigenvalue weighted by Crippen LogP contribution is -2.46. The molecular formula is C29H37N3O4S. The van der Waals surface area contributed by atoms with Crippen molar-refractivity contribution in [2.24, 2.45) is 0 Å². The topological polar surface area (TPSA) is 95.6 Å². The number of anilines is 1. The number of furan rings is 1. The summed E-state index contributed by atoms with van der Waals surface area (Å²) in [6.07, 6.45) is 2.28. The molecule has 0 aliphatic carbocycles. The molecule has 1 heterocycles. The second kappa shape index (κ2) is 11.1. The highest BCUT2D eigenvalue weighted by molar-refractivity contribution is 7.93. The second-order valence-corrected chi connectivity index (χ2v) is 12.3. The number of sulfonamides is 1. The first kappa shape index (κ1) is 28.5. The first-order valence-electron chi connectivity index (χ1n) is 12.4. The Hall–Kier alpha value is -3.12. The van der Waals surface area contributed by atoms with Crippen LogP contribution in [0.5, 0.6) is 0 Å². The van der Waals surface area contributed by atoms with Crippen molar-refractivity contribution in [2.75, 3.05) is 25.6 Å². The smallest absolute Gasteiger partial charge is 0.251 e. The minimum atomic E-state index is -4.07. The van der Waals surface area contributed by atoms with E-state index in [1.54, 1.807) is 12.1 Å². The van der Waals surface area contributed by atoms with E-state index in [-0.39, 0.29) is 11.4 Å². The fourth-order valence-electron chi connectivity index (χ4n) is 3.81. The number of hydrogen-bond acceptors (Lipinski definition) is 6. The van der Waals surface area contributed by atoms with Crippen molar-refractivity contribution in [1.29, 1.82) is 5.26 Å². The molecule has 0 aliphatic heterocycles. The van der Waals surface area contributed by atoms with Gasteiger partial charge in [0.05, 0.1) is 5.60 Å². The number of ether oxygens (including phenoxy) is 1. The molecule has 1 atom stereocenters. The molecule has 0 bridgehead atoms. The van der Waals surface area contributed by atoms with Crippen LogP contribution >= 0.6 is 0 Å². The Bertz CT molecular complexity index is 1430. The molecule has 0 saturated heterocycles. The largest absolute Gasteiger partial charge is 0.457 e. The van der Waals surface area contributed by atoms with Crippen molar-refractivity contribution in [3.63, 3.8) is 0 Å². The molecule has 1 N–H and O–H groups in total. The van der Waals surface area contributed by atoms with Crippen LogP contribution in [0.4, 0.5) is 5.69 Å². The summed E-state index contributed by atoms with van der Waals surface area (Å²) in [4.78, 5) is 1.65. The van der Waals surface area contributed by atoms with Crippen LogP contribution in [0.3, 0.4) is 0 Å². The summed E-state index contributed by atoms with van der Waals surface area (Å²) in [6.45, 7) is 9.97. The van der Waals surface area contributed by atoms with E-state index >= 15 is 0 Å². The molecule has 1 unspecified atom stereocenters. The monoisotopic (exact) mass is 523 g/mol. The highest BCUT2D eigenvalue weighted by atomic mass is 32.2. The standard InChI is InChI=1S/C29H37N3O4S/c1-8-29(5,15-16-35-28(2,3)4)31-37(33,34)26(20-30)19-25-13-14-27(36-25)23-10-9-22-18-24(32(6)7)12-11-21(22)17-23/h9-14,17-19,31H,8,15-16H2,1-7H3. The minimum absolute atomic E-state index is 0.286. The van der Waals surface area contributed by atoms with Crippen LogP contribution < -0.4 is 9.62 Å². The van der Waals surface area contributed by atoms with Gasteiger partial charge in [0.2, 0.25) is 0 Å². The molecule has 0 saturated carbocycles. The van der Waals surface area contributed by atoms with Gasteiger partial charge in [-0.05, 0) is 81.6 Å². The summed E-state index contributed by atoms with van der Waals surface area (Å²) in [5, 5.41) is 11.8. The maximum Gasteiger partial charge on any atom is 0.251 e. The Morgan fingerprint density at radius 3 is 2.38 bits per heavy atom. The van der Waals surface area contributed by atoms with Crippen LogP contribution in [0.15, 0.2) is 57.9 Å². The summed E-state index contributed by atoms with van der Waals surface area (Å²) >= 11 is 0. The van der Waals surface area contributed by atoms with Crippen molar-refractivity contribution in [3.8, 4) is 17.4 Å². The molecule has 37 heavy (non-hydrogen) atoms. The normalized spacial score (nSPS) is 14.4. The number of nitrogens with zero attached hydrogens (tertiary/aromatic N) is 2. The van der Waals surface area contributed by atoms with E-state index in [4.69, 9.17) is 9.15 Å². The molecule has 0 spiro atoms. The molecule has 0 aliphatic rings. The van der Waals surface area contributed by atoms with E-state index in [0.29, 0.717) is 25.2 Å². The fourth-order valence-corrected chi connectivity index (χ4v) is 5.21. The van der Waals surface area contributed by atoms with E-state index < -0.39 is 20.5 Å². The van der Waals surface area contributed by atoms with Crippen LogP contribution in [0.25, 0.3) is 28.2 Å². The Balaban J connectivity index is 1.81. The number of rotatable bonds is 10. The average Bonchev–Trinajstić information content (AvgIpc) is 3.29. The van der Waals surface area contributed by atoms with Crippen molar-refractivity contribution < 1.29 is 17.6 Å². The Labute approximate surface area is 220 Å². The van der Waals surface area contributed by atoms with E-state index in [2.05, 4.69) is 27.8 Å². The number of hydrogen-bond donors (Lipinski definition) is 1. The van der Waals surface area contributed by atoms with Crippen LogP contribution in [0.2, 0.25) is 0 Å². The predicted molar refractivity (Wildman–Crippen MR) is 151 cm³/mol. The van der Waals surface area contributed by atoms with E-state index in [9.17, 15) is 13.7 Å². The third-order valence-corrected chi connectivity index (χ3v) is 7.82. The Kier molecular flexibility index (Phi) is 8.53. The van der Waals surface area contributed by atoms with Gasteiger partial charge in [0, 0.05) is 43.6 Å². The summed E-state index contributed by atoms with van der Waals surface area (Å²) in [5.74, 6) is 0.874. The third-order valence-electron chi connectivity index (χ3n) is 6.27. The van der Waals surface area contributed by atoms with Crippen molar-refractivity contribution >= 4 is 32.6 Å². The quantitative estimate of drug-likeness (QED) is 0.312. The molecule has 7 nitrogen and oxygen atoms in total. The van der Waals surface area contributed by atoms with Crippen molar-refractivity contribution in [3.05, 3.63) is 59.2 Å². The van der Waals surface area contributed by atoms with Crippen LogP contribution in [0, 0.1) is 11.3 Å². The maximum atomic E-state index is 13.1. The zero-order valence-electron chi connectivity index (χ0n) is 22.8. The summed E-state index contributed by atoms with van der Waals surface area (Å²) in [6, 6.07) is 17.5. The maximum absolute atomic E-state index is 13.1. The van der Waals surface area contributed by atoms with Gasteiger partial charge in [-0.2, -0.15) is 5.26 Å². The van der Waals surface area contributed by atoms with Gasteiger partial charge in [0.15, 0.2) is 4.91 Å². The number of fused-ring (bicyclic) bond motifs is 1. The lowest BCUT2D eigenvalue weighted by Gasteiger charge is -2.30. The molecular weight excluding hydrogens is 486 g/mol. The van der Waals surface area contributed by atoms with Crippen LogP contribution in [-0.4, -0.2) is 40.3 Å². The average molecular weight is 524 g/mol. The number of benzene rings is 2. The van der Waals surface area contributed by atoms with Crippen molar-refractivity contribution in [1.82, 2.24) is 4.72 Å². The van der Waals surface area contributed by atoms with Crippen LogP contribution in [-0.2, 0) is 14.8 Å². The molecule has 1 aromatic heterocycles. The van der Waals surface area contributed by atoms with Gasteiger partial charge in [-0.1, -0.05) is 25.1 Å². The number of nitriles is 1. The van der Waals surface area contributed by atoms with Gasteiger partial charge in [-0.3, -0.25) is 0 Å². The summed E-state index contributed by atoms with van der Waals surface area (Å²) < 4.78 is 40.6. The zero-order valence-corrected chi connectivity index (χ0v) is 23.6. The molecule has 3 rings (SSSR count). The Morgan fingerprint density at radius 1 is 1.08 bits per heavy atom. The second-order valence-electron chi connectivity index (χ2n) is 10.7. The molecule has 0 radical (unpaired) electrons. The van der Waals surface area contributed by atoms with Gasteiger partial charge >= 0.3 is 0 Å². The lowest BCUT2D eigenvalue weighted by molar-refractivity contribution is -0.0114. The van der Waals surface area contributed by atoms with E-state index in [1.807, 2.05) is 73.0 Å². The minimum Gasteiger partial charge on any atom is -0.457 e. The Morgan fingerprint density at radius 2 is 1.76 bits per heavy atom. The highest BCUT2D eigenvalue weighted by Gasteiger charge is 2.31. The number of nitrogens with one attached hydrogen (secondary N) is 1. The van der Waals surface area contributed by atoms with Gasteiger partial charge in [0.1, 0.15) is 17.6 Å². The van der Waals surface area contributed by atoms with Crippen LogP contribution in [0.1, 0.15) is 53.2 Å². The van der Waals surface area contributed by atoms with Crippen molar-refractivity contribution in [2.45, 2.75) is 58.6 Å². The van der Waals surface area contributed by atoms with E-state index in [0.717, 1.165) is 22.0 Å². The number of allylic oxidation sites excluding steroid dienone is 1. The summed E-state index contributed by atoms with van der Waals surface area (Å²) in [7, 11) is -0.0655. The lowest BCUT2D eigenvalue weighted by atomic mass is 9.96. The molecule has 2 aromatic carbocycles. The third kappa shape index (κ3) is 7.45. The first-order chi connectivity index (χ1) is 17.2. The fraction of sp³-hybridized carbons (Fsp3) is 0.414. The first-order valence-corrected chi connectivity index (χ1v) is 13.8. The molecule has 3 aromatic rings. The zero-order chi connectivity index (χ0) is 27.4. The SMILES string of the molecule is CCC(C)(CCOC(C)(C)C)NS(=O)(=O)C(C#N)=Cc1ccc(-c2ccc3cc(N(C)C)ccc3c2)o1. The molecule has 0 fully saturated rings. The van der Waals surface area contributed by atoms with E-state index in [1.165, 1.54) is 6.08 Å². The highest BCUT2D eigenvalue weighted by Crippen LogP contribution is 2.29. The predicted octanol–water partition coefficient (Wildman–Crippen LogP) is 6.32. The van der Waals surface area contributed by atoms with Gasteiger partial charge in [-0.15, -0.1) is 0 Å². The van der Waals surface area contributed by atoms with Gasteiger partial charge in [-0.25, -0.2) is 13.1 Å². The molecule has 198 valence electrons. The van der Waals surface area contributed by atoms with Gasteiger partial charge in [0.25, 0.3) is 10.0 Å².